The molecule has 0 amide bonds. The molecule has 1 rings (SSSR count). The van der Waals surface area contributed by atoms with Crippen LogP contribution in [0.2, 0.25) is 5.02 Å². The van der Waals surface area contributed by atoms with Crippen molar-refractivity contribution in [3.8, 4) is 5.75 Å². The summed E-state index contributed by atoms with van der Waals surface area (Å²) in [5.41, 5.74) is -0.338. The van der Waals surface area contributed by atoms with Gasteiger partial charge in [0.25, 0.3) is 0 Å². The summed E-state index contributed by atoms with van der Waals surface area (Å²) in [5.74, 6) is 0.803. The molecule has 0 bridgehead atoms. The highest BCUT2D eigenvalue weighted by Gasteiger charge is 2.14. The summed E-state index contributed by atoms with van der Waals surface area (Å²) in [6, 6.07) is 7.31. The average molecular weight is 210 g/mol. The van der Waals surface area contributed by atoms with Crippen molar-refractivity contribution < 1.29 is 4.74 Å². The van der Waals surface area contributed by atoms with Crippen molar-refractivity contribution >= 4 is 11.6 Å². The van der Waals surface area contributed by atoms with Gasteiger partial charge in [-0.25, -0.2) is 0 Å². The topological polar surface area (TPSA) is 9.23 Å². The summed E-state index contributed by atoms with van der Waals surface area (Å²) in [4.78, 5) is 0. The van der Waals surface area contributed by atoms with Crippen LogP contribution in [-0.4, -0.2) is 5.60 Å². The van der Waals surface area contributed by atoms with Crippen LogP contribution in [0.3, 0.4) is 0 Å². The van der Waals surface area contributed by atoms with E-state index in [0.717, 1.165) is 5.75 Å². The Hall–Kier alpha value is -0.950. The van der Waals surface area contributed by atoms with Gasteiger partial charge in [0.15, 0.2) is 0 Å². The van der Waals surface area contributed by atoms with E-state index in [4.69, 9.17) is 16.3 Å². The molecule has 1 nitrogen and oxygen atoms in total. The Bertz CT molecular complexity index is 312. The largest absolute Gasteiger partial charge is 0.484 e. The van der Waals surface area contributed by atoms with Crippen molar-refractivity contribution in [2.75, 3.05) is 0 Å². The summed E-state index contributed by atoms with van der Waals surface area (Å²) >= 11 is 5.76. The standard InChI is InChI=1S/C12H14ClO/c1-4-9-12(2,3)14-11-7-5-10(13)6-8-11/h4-9H,1H2,2-3H3. The quantitative estimate of drug-likeness (QED) is 0.734. The maximum Gasteiger partial charge on any atom is 0.122 e. The van der Waals surface area contributed by atoms with Crippen molar-refractivity contribution in [1.82, 2.24) is 0 Å². The van der Waals surface area contributed by atoms with Gasteiger partial charge in [0.2, 0.25) is 0 Å². The van der Waals surface area contributed by atoms with Crippen molar-refractivity contribution in [3.63, 3.8) is 0 Å². The van der Waals surface area contributed by atoms with E-state index in [1.54, 1.807) is 18.2 Å². The van der Waals surface area contributed by atoms with E-state index < -0.39 is 0 Å². The van der Waals surface area contributed by atoms with Crippen molar-refractivity contribution in [1.29, 1.82) is 0 Å². The lowest BCUT2D eigenvalue weighted by Gasteiger charge is -2.22. The molecule has 0 aliphatic heterocycles. The fraction of sp³-hybridized carbons (Fsp3) is 0.250. The van der Waals surface area contributed by atoms with Crippen LogP contribution in [0.1, 0.15) is 13.8 Å². The molecule has 0 spiro atoms. The number of allylic oxidation sites excluding steroid dienone is 1. The van der Waals surface area contributed by atoms with Crippen molar-refractivity contribution in [2.45, 2.75) is 19.4 Å². The van der Waals surface area contributed by atoms with Gasteiger partial charge in [-0.05, 0) is 51.1 Å². The zero-order valence-corrected chi connectivity index (χ0v) is 9.21. The molecule has 14 heavy (non-hydrogen) atoms. The molecule has 0 fully saturated rings. The lowest BCUT2D eigenvalue weighted by molar-refractivity contribution is 0.162. The van der Waals surface area contributed by atoms with Crippen molar-refractivity contribution in [3.05, 3.63) is 48.4 Å². The van der Waals surface area contributed by atoms with Gasteiger partial charge in [-0.15, -0.1) is 0 Å². The monoisotopic (exact) mass is 209 g/mol. The first kappa shape index (κ1) is 11.1. The van der Waals surface area contributed by atoms with Crippen LogP contribution >= 0.6 is 11.6 Å². The molecular formula is C12H14ClO. The molecule has 1 radical (unpaired) electrons. The molecule has 0 aliphatic carbocycles. The van der Waals surface area contributed by atoms with Gasteiger partial charge in [0, 0.05) is 5.02 Å². The zero-order valence-electron chi connectivity index (χ0n) is 8.46. The Morgan fingerprint density at radius 1 is 1.29 bits per heavy atom. The third kappa shape index (κ3) is 3.43. The highest BCUT2D eigenvalue weighted by Crippen LogP contribution is 2.21. The molecule has 0 saturated carbocycles. The minimum absolute atomic E-state index is 0.338. The Morgan fingerprint density at radius 2 is 1.86 bits per heavy atom. The van der Waals surface area contributed by atoms with Gasteiger partial charge in [-0.1, -0.05) is 17.7 Å². The van der Waals surface area contributed by atoms with Gasteiger partial charge in [-0.2, -0.15) is 0 Å². The molecule has 0 unspecified atom stereocenters. The summed E-state index contributed by atoms with van der Waals surface area (Å²) in [7, 11) is 0. The van der Waals surface area contributed by atoms with E-state index in [9.17, 15) is 0 Å². The predicted octanol–water partition coefficient (Wildman–Crippen LogP) is 3.89. The van der Waals surface area contributed by atoms with E-state index in [-0.39, 0.29) is 5.60 Å². The first-order valence-electron chi connectivity index (χ1n) is 4.45. The molecule has 0 aromatic heterocycles. The molecule has 1 aromatic carbocycles. The second-order valence-electron chi connectivity index (χ2n) is 3.56. The van der Waals surface area contributed by atoms with Crippen LogP contribution in [0.25, 0.3) is 0 Å². The van der Waals surface area contributed by atoms with E-state index in [1.807, 2.05) is 32.1 Å². The second kappa shape index (κ2) is 4.52. The van der Waals surface area contributed by atoms with Crippen molar-refractivity contribution in [2.24, 2.45) is 0 Å². The molecule has 0 heterocycles. The smallest absolute Gasteiger partial charge is 0.122 e. The van der Waals surface area contributed by atoms with Gasteiger partial charge >= 0.3 is 0 Å². The molecule has 0 N–H and O–H groups in total. The molecule has 0 atom stereocenters. The highest BCUT2D eigenvalue weighted by atomic mass is 35.5. The third-order valence-electron chi connectivity index (χ3n) is 1.71. The summed E-state index contributed by atoms with van der Waals surface area (Å²) < 4.78 is 5.71. The summed E-state index contributed by atoms with van der Waals surface area (Å²) in [5, 5.41) is 0.711. The maximum atomic E-state index is 5.76. The third-order valence-corrected chi connectivity index (χ3v) is 1.97. The normalized spacial score (nSPS) is 12.0. The Balaban J connectivity index is 2.73. The second-order valence-corrected chi connectivity index (χ2v) is 4.00. The average Bonchev–Trinajstić information content (AvgIpc) is 2.08. The van der Waals surface area contributed by atoms with E-state index >= 15 is 0 Å². The molecule has 75 valence electrons. The zero-order chi connectivity index (χ0) is 10.6. The Kier molecular flexibility index (Phi) is 3.59. The van der Waals surface area contributed by atoms with Crippen LogP contribution in [-0.2, 0) is 0 Å². The summed E-state index contributed by atoms with van der Waals surface area (Å²) in [6.07, 6.45) is 3.64. The first-order chi connectivity index (χ1) is 6.53. The van der Waals surface area contributed by atoms with Gasteiger partial charge in [-0.3, -0.25) is 0 Å². The van der Waals surface area contributed by atoms with Gasteiger partial charge in [0.05, 0.1) is 0 Å². The SMILES string of the molecule is [CH2]C=CC(C)(C)Oc1ccc(Cl)cc1. The molecule has 2 heteroatoms. The molecule has 0 aliphatic rings. The Labute approximate surface area is 90.3 Å². The van der Waals surface area contributed by atoms with Crippen LogP contribution in [0.15, 0.2) is 36.4 Å². The minimum Gasteiger partial charge on any atom is -0.484 e. The van der Waals surface area contributed by atoms with E-state index in [1.165, 1.54) is 0 Å². The lowest BCUT2D eigenvalue weighted by Crippen LogP contribution is -2.24. The number of hydrogen-bond acceptors (Lipinski definition) is 1. The minimum atomic E-state index is -0.338. The Morgan fingerprint density at radius 3 is 2.36 bits per heavy atom. The lowest BCUT2D eigenvalue weighted by atomic mass is 10.1. The van der Waals surface area contributed by atoms with Crippen LogP contribution < -0.4 is 4.74 Å². The van der Waals surface area contributed by atoms with Crippen LogP contribution in [0.5, 0.6) is 5.75 Å². The maximum absolute atomic E-state index is 5.76. The number of ether oxygens (including phenoxy) is 1. The fourth-order valence-corrected chi connectivity index (χ4v) is 1.25. The first-order valence-corrected chi connectivity index (χ1v) is 4.83. The molecule has 1 aromatic rings. The fourth-order valence-electron chi connectivity index (χ4n) is 1.12. The highest BCUT2D eigenvalue weighted by molar-refractivity contribution is 6.30. The van der Waals surface area contributed by atoms with Crippen LogP contribution in [0.4, 0.5) is 0 Å². The van der Waals surface area contributed by atoms with E-state index in [0.29, 0.717) is 5.02 Å². The van der Waals surface area contributed by atoms with Gasteiger partial charge < -0.3 is 4.74 Å². The molecular weight excluding hydrogens is 196 g/mol. The number of halogens is 1. The van der Waals surface area contributed by atoms with Crippen LogP contribution in [0, 0.1) is 6.92 Å². The number of hydrogen-bond donors (Lipinski definition) is 0. The number of benzene rings is 1. The molecule has 0 saturated heterocycles. The van der Waals surface area contributed by atoms with E-state index in [2.05, 4.69) is 6.92 Å². The number of rotatable bonds is 3. The van der Waals surface area contributed by atoms with Gasteiger partial charge in [0.1, 0.15) is 11.4 Å². The summed E-state index contributed by atoms with van der Waals surface area (Å²) in [6.45, 7) is 7.60. The predicted molar refractivity (Wildman–Crippen MR) is 60.7 cm³/mol.